The molecule has 0 aromatic heterocycles. The largest absolute Gasteiger partial charge is 0.506 e. The molecule has 0 radical (unpaired) electrons. The van der Waals surface area contributed by atoms with Crippen molar-refractivity contribution in [2.24, 2.45) is 17.3 Å². The molecule has 3 aromatic carbocycles. The van der Waals surface area contributed by atoms with Gasteiger partial charge in [0.2, 0.25) is 17.7 Å². The van der Waals surface area contributed by atoms with Crippen molar-refractivity contribution in [2.45, 2.75) is 90.3 Å². The number of anilines is 3. The number of carbonyl (C=O) groups is 4. The van der Waals surface area contributed by atoms with Crippen molar-refractivity contribution >= 4 is 40.7 Å². The third-order valence-electron chi connectivity index (χ3n) is 15.7. The minimum absolute atomic E-state index is 0.108. The molecule has 0 spiro atoms. The first kappa shape index (κ1) is 45.8. The molecule has 6 aliphatic heterocycles. The second kappa shape index (κ2) is 18.7. The van der Waals surface area contributed by atoms with Gasteiger partial charge in [0.15, 0.2) is 0 Å². The van der Waals surface area contributed by atoms with Gasteiger partial charge in [-0.2, -0.15) is 0 Å². The van der Waals surface area contributed by atoms with Crippen LogP contribution in [0.25, 0.3) is 0 Å². The Morgan fingerprint density at radius 3 is 2.00 bits per heavy atom. The number of alkyl halides is 2. The summed E-state index contributed by atoms with van der Waals surface area (Å²) in [7, 11) is 1.53. The van der Waals surface area contributed by atoms with Gasteiger partial charge in [0.25, 0.3) is 12.3 Å². The smallest absolute Gasteiger partial charge is 0.263 e. The molecule has 2 atom stereocenters. The number of fused-ring (bicyclic) bond motifs is 1. The molecule has 5 fully saturated rings. The van der Waals surface area contributed by atoms with Gasteiger partial charge in [0.1, 0.15) is 23.4 Å². The number of methoxy groups -OCH3 is 1. The van der Waals surface area contributed by atoms with Crippen LogP contribution in [0.2, 0.25) is 0 Å². The number of β-lactam (4-membered cyclic amide) rings is 1. The highest BCUT2D eigenvalue weighted by atomic mass is 19.3. The number of phenols is 1. The highest BCUT2D eigenvalue weighted by Gasteiger charge is 2.60. The zero-order valence-electron chi connectivity index (χ0n) is 38.2. The van der Waals surface area contributed by atoms with Gasteiger partial charge >= 0.3 is 0 Å². The molecule has 354 valence electrons. The van der Waals surface area contributed by atoms with Crippen molar-refractivity contribution in [2.75, 3.05) is 87.3 Å². The van der Waals surface area contributed by atoms with E-state index in [-0.39, 0.29) is 35.4 Å². The summed E-state index contributed by atoms with van der Waals surface area (Å²) in [4.78, 5) is 63.8. The van der Waals surface area contributed by atoms with Crippen LogP contribution in [0, 0.1) is 23.1 Å². The van der Waals surface area contributed by atoms with E-state index in [2.05, 4.69) is 31.0 Å². The summed E-state index contributed by atoms with van der Waals surface area (Å²) in [5.74, 6) is -0.343. The maximum absolute atomic E-state index is 16.3. The zero-order valence-corrected chi connectivity index (χ0v) is 38.2. The molecule has 2 N–H and O–H groups in total. The first-order valence-electron chi connectivity index (χ1n) is 23.9. The molecule has 0 unspecified atom stereocenters. The van der Waals surface area contributed by atoms with E-state index >= 15 is 4.39 Å². The average molecular weight is 914 g/mol. The van der Waals surface area contributed by atoms with E-state index in [0.29, 0.717) is 73.3 Å². The molecule has 0 bridgehead atoms. The number of piperidine rings is 3. The first-order valence-corrected chi connectivity index (χ1v) is 23.9. The Morgan fingerprint density at radius 1 is 0.788 bits per heavy atom. The molecule has 16 heteroatoms. The monoisotopic (exact) mass is 913 g/mol. The van der Waals surface area contributed by atoms with Gasteiger partial charge in [0.05, 0.1) is 29.9 Å². The number of phenolic OH excluding ortho intramolecular Hbond substituents is 1. The molecule has 0 saturated carbocycles. The third kappa shape index (κ3) is 8.48. The Morgan fingerprint density at radius 2 is 1.42 bits per heavy atom. The van der Waals surface area contributed by atoms with Crippen LogP contribution in [-0.2, 0) is 20.9 Å². The summed E-state index contributed by atoms with van der Waals surface area (Å²) in [5.41, 5.74) is 2.51. The van der Waals surface area contributed by atoms with Crippen molar-refractivity contribution in [1.82, 2.24) is 20.0 Å². The molecule has 3 aromatic rings. The number of hydrogen-bond acceptors (Lipinski definition) is 10. The molecule has 4 amide bonds. The second-order valence-electron chi connectivity index (χ2n) is 19.2. The van der Waals surface area contributed by atoms with Crippen LogP contribution in [0.3, 0.4) is 0 Å². The Kier molecular flexibility index (Phi) is 13.0. The number of benzene rings is 3. The topological polar surface area (TPSA) is 129 Å². The van der Waals surface area contributed by atoms with E-state index in [4.69, 9.17) is 4.74 Å². The zero-order chi connectivity index (χ0) is 46.4. The van der Waals surface area contributed by atoms with Gasteiger partial charge in [0, 0.05) is 107 Å². The van der Waals surface area contributed by atoms with Gasteiger partial charge in [-0.15, -0.1) is 0 Å². The quantitative estimate of drug-likeness (QED) is 0.138. The highest BCUT2D eigenvalue weighted by Crippen LogP contribution is 2.59. The number of piperazine rings is 1. The molecular weight excluding hydrogens is 852 g/mol. The van der Waals surface area contributed by atoms with Crippen molar-refractivity contribution in [3.05, 3.63) is 76.6 Å². The highest BCUT2D eigenvalue weighted by molar-refractivity contribution is 6.08. The average Bonchev–Trinajstić information content (AvgIpc) is 3.64. The maximum Gasteiger partial charge on any atom is 0.263 e. The third-order valence-corrected chi connectivity index (χ3v) is 15.7. The number of imide groups is 1. The maximum atomic E-state index is 16.3. The first-order chi connectivity index (χ1) is 31.8. The van der Waals surface area contributed by atoms with Gasteiger partial charge in [-0.05, 0) is 98.7 Å². The Bertz CT molecular complexity index is 2340. The van der Waals surface area contributed by atoms with Crippen molar-refractivity contribution < 1.29 is 42.2 Å². The van der Waals surface area contributed by atoms with Gasteiger partial charge in [-0.3, -0.25) is 29.4 Å². The minimum atomic E-state index is -2.78. The lowest BCUT2D eigenvalue weighted by Crippen LogP contribution is -2.63. The molecular formula is C50H62F3N7O6. The summed E-state index contributed by atoms with van der Waals surface area (Å²) in [6, 6.07) is 11.4. The molecule has 9 rings (SSSR count). The number of hydrogen-bond donors (Lipinski definition) is 2. The van der Waals surface area contributed by atoms with Crippen LogP contribution in [0.5, 0.6) is 11.5 Å². The molecule has 66 heavy (non-hydrogen) atoms. The van der Waals surface area contributed by atoms with Gasteiger partial charge < -0.3 is 34.3 Å². The standard InChI is InChI=1S/C50H62F3N7O6/c1-4-50(5-2)45(60(49(50)65)39-9-6-33(46(52)53)25-42(39)61)37-26-38(51)41(27-43(37)66-3)58-18-14-32(15-19-58)29-56-22-20-55(21-23-56)28-31-12-16-57(17-13-31)35-7-8-36-34(24-35)30-59(48(36)64)40-10-11-44(62)54-47(40)63/h6-9,24-27,31-32,40,45-46,61H,4-5,10-23,28-30H2,1-3H3,(H,54,62,63)/t40-,45-/m0/s1. The Hall–Kier alpha value is -5.35. The summed E-state index contributed by atoms with van der Waals surface area (Å²) < 4.78 is 49.0. The molecule has 5 saturated heterocycles. The van der Waals surface area contributed by atoms with E-state index < -0.39 is 41.4 Å². The van der Waals surface area contributed by atoms with Crippen LogP contribution >= 0.6 is 0 Å². The number of carbonyl (C=O) groups excluding carboxylic acids is 4. The van der Waals surface area contributed by atoms with Crippen molar-refractivity contribution in [3.8, 4) is 11.5 Å². The number of halogens is 3. The summed E-state index contributed by atoms with van der Waals surface area (Å²) in [5, 5.41) is 13.2. The number of aromatic hydroxyl groups is 1. The lowest BCUT2D eigenvalue weighted by molar-refractivity contribution is -0.141. The van der Waals surface area contributed by atoms with E-state index in [9.17, 15) is 33.1 Å². The number of amides is 4. The lowest BCUT2D eigenvalue weighted by atomic mass is 9.64. The molecule has 0 aliphatic carbocycles. The number of rotatable bonds is 13. The Balaban J connectivity index is 0.743. The summed E-state index contributed by atoms with van der Waals surface area (Å²) >= 11 is 0. The van der Waals surface area contributed by atoms with E-state index in [1.807, 2.05) is 26.0 Å². The van der Waals surface area contributed by atoms with E-state index in [1.165, 1.54) is 30.2 Å². The summed E-state index contributed by atoms with van der Waals surface area (Å²) in [6.45, 7) is 13.8. The SMILES string of the molecule is CCC1(CC)C(=O)N(c2ccc(C(F)F)cc2O)[C@H]1c1cc(F)c(N2CCC(CN3CCN(CC4CCN(c5ccc6c(c5)CN([C@H]5CCC(=O)NC5=O)C6=O)CC4)CC3)CC2)cc1OC. The lowest BCUT2D eigenvalue weighted by Gasteiger charge is -2.56. The second-order valence-corrected chi connectivity index (χ2v) is 19.2. The Labute approximate surface area is 384 Å². The van der Waals surface area contributed by atoms with Crippen LogP contribution in [0.15, 0.2) is 48.5 Å². The molecule has 13 nitrogen and oxygen atoms in total. The number of nitrogens with one attached hydrogen (secondary N) is 1. The van der Waals surface area contributed by atoms with Gasteiger partial charge in [-0.25, -0.2) is 13.2 Å². The fourth-order valence-electron chi connectivity index (χ4n) is 11.7. The van der Waals surface area contributed by atoms with Crippen LogP contribution < -0.4 is 24.8 Å². The predicted octanol–water partition coefficient (Wildman–Crippen LogP) is 6.88. The van der Waals surface area contributed by atoms with Crippen LogP contribution in [0.4, 0.5) is 30.2 Å². The fourth-order valence-corrected chi connectivity index (χ4v) is 11.7. The van der Waals surface area contributed by atoms with Crippen molar-refractivity contribution in [1.29, 1.82) is 0 Å². The number of nitrogens with zero attached hydrogens (tertiary/aromatic N) is 6. The van der Waals surface area contributed by atoms with E-state index in [1.54, 1.807) is 11.0 Å². The van der Waals surface area contributed by atoms with Crippen LogP contribution in [-0.4, -0.2) is 122 Å². The predicted molar refractivity (Wildman–Crippen MR) is 244 cm³/mol. The fraction of sp³-hybridized carbons (Fsp3) is 0.560. The van der Waals surface area contributed by atoms with Gasteiger partial charge in [-0.1, -0.05) is 19.9 Å². The normalized spacial score (nSPS) is 23.4. The molecule has 6 aliphatic rings. The summed E-state index contributed by atoms with van der Waals surface area (Å²) in [6.07, 6.45) is 2.84. The molecule has 6 heterocycles. The number of ether oxygens (including phenoxy) is 1. The van der Waals surface area contributed by atoms with Crippen molar-refractivity contribution in [3.63, 3.8) is 0 Å². The van der Waals surface area contributed by atoms with E-state index in [0.717, 1.165) is 95.4 Å². The van der Waals surface area contributed by atoms with Crippen LogP contribution in [0.1, 0.15) is 105 Å². The minimum Gasteiger partial charge on any atom is -0.506 e.